The standard InChI is InChI=1S/C16H11N5/c1-10-4-2-6-13(12(10)9-18)21-14-7-3-5-11(8-17)15(14)20-16(21)19/h2-7H,1H3,(H2,19,20). The Bertz CT molecular complexity index is 938. The van der Waals surface area contributed by atoms with Crippen LogP contribution in [0.4, 0.5) is 5.95 Å². The molecule has 0 bridgehead atoms. The fourth-order valence-electron chi connectivity index (χ4n) is 2.44. The molecule has 3 aromatic rings. The fourth-order valence-corrected chi connectivity index (χ4v) is 2.44. The molecule has 0 aliphatic rings. The summed E-state index contributed by atoms with van der Waals surface area (Å²) in [5.41, 5.74) is 9.83. The highest BCUT2D eigenvalue weighted by molar-refractivity contribution is 5.86. The topological polar surface area (TPSA) is 91.4 Å². The average molecular weight is 273 g/mol. The molecular formula is C16H11N5. The SMILES string of the molecule is Cc1cccc(-n2c(N)nc3c(C#N)cccc32)c1C#N. The second-order valence-electron chi connectivity index (χ2n) is 4.67. The zero-order valence-electron chi connectivity index (χ0n) is 11.3. The molecule has 2 N–H and O–H groups in total. The van der Waals surface area contributed by atoms with E-state index in [2.05, 4.69) is 17.1 Å². The third-order valence-corrected chi connectivity index (χ3v) is 3.44. The Morgan fingerprint density at radius 3 is 2.57 bits per heavy atom. The normalized spacial score (nSPS) is 10.2. The van der Waals surface area contributed by atoms with E-state index in [4.69, 9.17) is 11.0 Å². The van der Waals surface area contributed by atoms with Crippen LogP contribution in [0.5, 0.6) is 0 Å². The molecule has 100 valence electrons. The van der Waals surface area contributed by atoms with Crippen molar-refractivity contribution < 1.29 is 0 Å². The maximum Gasteiger partial charge on any atom is 0.206 e. The number of nitrogen functional groups attached to an aromatic ring is 1. The predicted molar refractivity (Wildman–Crippen MR) is 79.6 cm³/mol. The third-order valence-electron chi connectivity index (χ3n) is 3.44. The van der Waals surface area contributed by atoms with Gasteiger partial charge in [0.05, 0.1) is 22.3 Å². The molecule has 0 radical (unpaired) electrons. The van der Waals surface area contributed by atoms with E-state index in [0.717, 1.165) is 5.56 Å². The van der Waals surface area contributed by atoms with Crippen molar-refractivity contribution in [1.82, 2.24) is 9.55 Å². The molecule has 0 saturated carbocycles. The zero-order chi connectivity index (χ0) is 15.0. The Kier molecular flexibility index (Phi) is 2.82. The highest BCUT2D eigenvalue weighted by atomic mass is 15.2. The Morgan fingerprint density at radius 2 is 1.86 bits per heavy atom. The lowest BCUT2D eigenvalue weighted by molar-refractivity contribution is 1.09. The van der Waals surface area contributed by atoms with Gasteiger partial charge >= 0.3 is 0 Å². The Labute approximate surface area is 121 Å². The van der Waals surface area contributed by atoms with Gasteiger partial charge in [-0.05, 0) is 30.7 Å². The van der Waals surface area contributed by atoms with E-state index in [-0.39, 0.29) is 5.95 Å². The van der Waals surface area contributed by atoms with E-state index in [1.165, 1.54) is 0 Å². The third kappa shape index (κ3) is 1.80. The van der Waals surface area contributed by atoms with Gasteiger partial charge in [-0.1, -0.05) is 18.2 Å². The molecule has 1 heterocycles. The van der Waals surface area contributed by atoms with E-state index >= 15 is 0 Å². The number of aryl methyl sites for hydroxylation is 1. The zero-order valence-corrected chi connectivity index (χ0v) is 11.3. The first-order valence-electron chi connectivity index (χ1n) is 6.34. The van der Waals surface area contributed by atoms with Crippen molar-refractivity contribution in [3.8, 4) is 17.8 Å². The monoisotopic (exact) mass is 273 g/mol. The lowest BCUT2D eigenvalue weighted by Crippen LogP contribution is -2.03. The summed E-state index contributed by atoms with van der Waals surface area (Å²) in [4.78, 5) is 4.27. The van der Waals surface area contributed by atoms with Crippen LogP contribution in [0, 0.1) is 29.6 Å². The highest BCUT2D eigenvalue weighted by Crippen LogP contribution is 2.28. The molecule has 0 saturated heterocycles. The smallest absolute Gasteiger partial charge is 0.206 e. The van der Waals surface area contributed by atoms with Crippen molar-refractivity contribution in [3.05, 3.63) is 53.1 Å². The number of hydrogen-bond acceptors (Lipinski definition) is 4. The minimum Gasteiger partial charge on any atom is -0.369 e. The second-order valence-corrected chi connectivity index (χ2v) is 4.67. The van der Waals surface area contributed by atoms with Crippen molar-refractivity contribution in [2.45, 2.75) is 6.92 Å². The molecule has 0 spiro atoms. The van der Waals surface area contributed by atoms with Gasteiger partial charge in [-0.15, -0.1) is 0 Å². The molecule has 0 unspecified atom stereocenters. The van der Waals surface area contributed by atoms with E-state index < -0.39 is 0 Å². The van der Waals surface area contributed by atoms with Gasteiger partial charge in [0.15, 0.2) is 0 Å². The van der Waals surface area contributed by atoms with Crippen molar-refractivity contribution in [2.24, 2.45) is 0 Å². The molecule has 21 heavy (non-hydrogen) atoms. The van der Waals surface area contributed by atoms with E-state index in [9.17, 15) is 5.26 Å². The number of benzene rings is 2. The number of nitrogens with two attached hydrogens (primary N) is 1. The second kappa shape index (κ2) is 4.66. The Morgan fingerprint density at radius 1 is 1.10 bits per heavy atom. The van der Waals surface area contributed by atoms with Crippen molar-refractivity contribution in [2.75, 3.05) is 5.73 Å². The number of nitriles is 2. The van der Waals surface area contributed by atoms with Crippen LogP contribution in [0.15, 0.2) is 36.4 Å². The van der Waals surface area contributed by atoms with Gasteiger partial charge < -0.3 is 5.73 Å². The van der Waals surface area contributed by atoms with Gasteiger partial charge in [0.2, 0.25) is 5.95 Å². The first kappa shape index (κ1) is 12.7. The van der Waals surface area contributed by atoms with Gasteiger partial charge in [-0.3, -0.25) is 4.57 Å². The Balaban J connectivity index is 2.43. The summed E-state index contributed by atoms with van der Waals surface area (Å²) in [6, 6.07) is 15.2. The number of fused-ring (bicyclic) bond motifs is 1. The minimum atomic E-state index is 0.259. The van der Waals surface area contributed by atoms with Crippen molar-refractivity contribution in [1.29, 1.82) is 10.5 Å². The average Bonchev–Trinajstić information content (AvgIpc) is 2.82. The molecule has 0 aliphatic carbocycles. The highest BCUT2D eigenvalue weighted by Gasteiger charge is 2.16. The van der Waals surface area contributed by atoms with Crippen molar-refractivity contribution >= 4 is 17.0 Å². The predicted octanol–water partition coefficient (Wildman–Crippen LogP) is 2.66. The van der Waals surface area contributed by atoms with Gasteiger partial charge in [0.25, 0.3) is 0 Å². The van der Waals surface area contributed by atoms with Crippen LogP contribution >= 0.6 is 0 Å². The van der Waals surface area contributed by atoms with Crippen LogP contribution in [0.1, 0.15) is 16.7 Å². The molecular weight excluding hydrogens is 262 g/mol. The molecule has 5 heteroatoms. The number of nitrogens with zero attached hydrogens (tertiary/aromatic N) is 4. The minimum absolute atomic E-state index is 0.259. The van der Waals surface area contributed by atoms with Crippen LogP contribution in [-0.4, -0.2) is 9.55 Å². The number of imidazole rings is 1. The summed E-state index contributed by atoms with van der Waals surface area (Å²) in [5.74, 6) is 0.259. The summed E-state index contributed by atoms with van der Waals surface area (Å²) in [5, 5.41) is 18.5. The summed E-state index contributed by atoms with van der Waals surface area (Å²) in [6.45, 7) is 1.87. The molecule has 3 rings (SSSR count). The van der Waals surface area contributed by atoms with Crippen molar-refractivity contribution in [3.63, 3.8) is 0 Å². The van der Waals surface area contributed by atoms with Gasteiger partial charge in [-0.25, -0.2) is 4.98 Å². The number of para-hydroxylation sites is 1. The lowest BCUT2D eigenvalue weighted by Gasteiger charge is -2.10. The molecule has 0 atom stereocenters. The van der Waals surface area contributed by atoms with Crippen LogP contribution in [-0.2, 0) is 0 Å². The Hall–Kier alpha value is -3.31. The summed E-state index contributed by atoms with van der Waals surface area (Å²) >= 11 is 0. The molecule has 0 aliphatic heterocycles. The first-order valence-corrected chi connectivity index (χ1v) is 6.34. The number of rotatable bonds is 1. The summed E-state index contributed by atoms with van der Waals surface area (Å²) in [6.07, 6.45) is 0. The molecule has 0 fully saturated rings. The van der Waals surface area contributed by atoms with Crippen LogP contribution < -0.4 is 5.73 Å². The van der Waals surface area contributed by atoms with E-state index in [1.807, 2.05) is 31.2 Å². The fraction of sp³-hybridized carbons (Fsp3) is 0.0625. The largest absolute Gasteiger partial charge is 0.369 e. The summed E-state index contributed by atoms with van der Waals surface area (Å²) < 4.78 is 1.71. The van der Waals surface area contributed by atoms with Gasteiger partial charge in [0, 0.05) is 0 Å². The number of anilines is 1. The molecule has 0 amide bonds. The molecule has 2 aromatic carbocycles. The van der Waals surface area contributed by atoms with Crippen LogP contribution in [0.3, 0.4) is 0 Å². The first-order chi connectivity index (χ1) is 10.2. The summed E-state index contributed by atoms with van der Waals surface area (Å²) in [7, 11) is 0. The lowest BCUT2D eigenvalue weighted by atomic mass is 10.1. The van der Waals surface area contributed by atoms with Gasteiger partial charge in [-0.2, -0.15) is 10.5 Å². The molecule has 1 aromatic heterocycles. The molecule has 5 nitrogen and oxygen atoms in total. The van der Waals surface area contributed by atoms with Crippen LogP contribution in [0.2, 0.25) is 0 Å². The van der Waals surface area contributed by atoms with Crippen LogP contribution in [0.25, 0.3) is 16.7 Å². The van der Waals surface area contributed by atoms with E-state index in [0.29, 0.717) is 27.8 Å². The maximum atomic E-state index is 9.38. The number of aromatic nitrogens is 2. The number of hydrogen-bond donors (Lipinski definition) is 1. The quantitative estimate of drug-likeness (QED) is 0.737. The maximum absolute atomic E-state index is 9.38. The van der Waals surface area contributed by atoms with Gasteiger partial charge in [0.1, 0.15) is 17.7 Å². The van der Waals surface area contributed by atoms with E-state index in [1.54, 1.807) is 16.7 Å².